The zero-order valence-corrected chi connectivity index (χ0v) is 11.3. The third-order valence-electron chi connectivity index (χ3n) is 3.41. The Balaban J connectivity index is 2.08. The van der Waals surface area contributed by atoms with E-state index in [4.69, 9.17) is 9.47 Å². The van der Waals surface area contributed by atoms with E-state index in [0.717, 1.165) is 25.0 Å². The van der Waals surface area contributed by atoms with E-state index in [1.54, 1.807) is 12.4 Å². The molecular formula is C14H20N2O3. The summed E-state index contributed by atoms with van der Waals surface area (Å²) in [5.74, 6) is -0.308. The number of nitrogens with one attached hydrogen (secondary N) is 1. The highest BCUT2D eigenvalue weighted by Crippen LogP contribution is 2.20. The van der Waals surface area contributed by atoms with Gasteiger partial charge in [-0.25, -0.2) is 4.79 Å². The van der Waals surface area contributed by atoms with Gasteiger partial charge in [-0.05, 0) is 31.4 Å². The van der Waals surface area contributed by atoms with Crippen LogP contribution in [0.5, 0.6) is 0 Å². The monoisotopic (exact) mass is 264 g/mol. The average Bonchev–Trinajstić information content (AvgIpc) is 2.99. The quantitative estimate of drug-likeness (QED) is 0.816. The van der Waals surface area contributed by atoms with Crippen LogP contribution in [0.3, 0.4) is 0 Å². The molecule has 19 heavy (non-hydrogen) atoms. The van der Waals surface area contributed by atoms with Crippen LogP contribution in [0, 0.1) is 0 Å². The van der Waals surface area contributed by atoms with Crippen LogP contribution in [0.4, 0.5) is 0 Å². The number of aromatic nitrogens is 1. The van der Waals surface area contributed by atoms with Gasteiger partial charge >= 0.3 is 5.97 Å². The van der Waals surface area contributed by atoms with E-state index in [0.29, 0.717) is 0 Å². The van der Waals surface area contributed by atoms with Crippen molar-refractivity contribution in [3.05, 3.63) is 30.1 Å². The van der Waals surface area contributed by atoms with Crippen molar-refractivity contribution >= 4 is 5.97 Å². The van der Waals surface area contributed by atoms with Gasteiger partial charge in [-0.15, -0.1) is 0 Å². The highest BCUT2D eigenvalue weighted by Gasteiger charge is 2.28. The SMILES string of the molecule is COC(=O)[C@H](N[C@H](C)[C@H]1CCCO1)c1cccnc1. The van der Waals surface area contributed by atoms with Gasteiger partial charge in [0.15, 0.2) is 0 Å². The first-order valence-electron chi connectivity index (χ1n) is 6.57. The minimum absolute atomic E-state index is 0.0896. The Morgan fingerprint density at radius 3 is 3.05 bits per heavy atom. The summed E-state index contributed by atoms with van der Waals surface area (Å²) in [4.78, 5) is 16.0. The van der Waals surface area contributed by atoms with E-state index in [9.17, 15) is 4.79 Å². The van der Waals surface area contributed by atoms with E-state index in [1.165, 1.54) is 7.11 Å². The highest BCUT2D eigenvalue weighted by molar-refractivity contribution is 5.77. The number of carbonyl (C=O) groups is 1. The molecule has 1 aromatic rings. The van der Waals surface area contributed by atoms with Crippen LogP contribution in [-0.2, 0) is 14.3 Å². The topological polar surface area (TPSA) is 60.5 Å². The van der Waals surface area contributed by atoms with Crippen molar-refractivity contribution in [3.8, 4) is 0 Å². The van der Waals surface area contributed by atoms with Gasteiger partial charge in [-0.1, -0.05) is 6.07 Å². The Labute approximate surface area is 113 Å². The molecule has 0 spiro atoms. The van der Waals surface area contributed by atoms with Gasteiger partial charge in [0.1, 0.15) is 6.04 Å². The van der Waals surface area contributed by atoms with Gasteiger partial charge in [0.25, 0.3) is 0 Å². The summed E-state index contributed by atoms with van der Waals surface area (Å²) < 4.78 is 10.5. The Bertz CT molecular complexity index is 404. The molecule has 0 amide bonds. The van der Waals surface area contributed by atoms with Crippen molar-refractivity contribution in [2.24, 2.45) is 0 Å². The minimum atomic E-state index is -0.502. The Morgan fingerprint density at radius 2 is 2.47 bits per heavy atom. The summed E-state index contributed by atoms with van der Waals surface area (Å²) in [5.41, 5.74) is 0.805. The second-order valence-electron chi connectivity index (χ2n) is 4.75. The number of rotatable bonds is 5. The summed E-state index contributed by atoms with van der Waals surface area (Å²) in [6, 6.07) is 3.26. The molecule has 1 aromatic heterocycles. The normalized spacial score (nSPS) is 21.9. The number of esters is 1. The maximum Gasteiger partial charge on any atom is 0.327 e. The molecule has 0 bridgehead atoms. The maximum atomic E-state index is 11.9. The maximum absolute atomic E-state index is 11.9. The van der Waals surface area contributed by atoms with Gasteiger partial charge in [-0.3, -0.25) is 10.3 Å². The fourth-order valence-corrected chi connectivity index (χ4v) is 2.33. The highest BCUT2D eigenvalue weighted by atomic mass is 16.5. The summed E-state index contributed by atoms with van der Waals surface area (Å²) in [6.45, 7) is 2.83. The summed E-state index contributed by atoms with van der Waals surface area (Å²) in [5, 5.41) is 3.29. The molecule has 5 nitrogen and oxygen atoms in total. The molecular weight excluding hydrogens is 244 g/mol. The summed E-state index contributed by atoms with van der Waals surface area (Å²) in [7, 11) is 1.39. The van der Waals surface area contributed by atoms with E-state index in [2.05, 4.69) is 10.3 Å². The number of carbonyl (C=O) groups excluding carboxylic acids is 1. The largest absolute Gasteiger partial charge is 0.468 e. The lowest BCUT2D eigenvalue weighted by molar-refractivity contribution is -0.143. The molecule has 2 rings (SSSR count). The molecule has 1 N–H and O–H groups in total. The smallest absolute Gasteiger partial charge is 0.327 e. The van der Waals surface area contributed by atoms with Crippen LogP contribution in [0.15, 0.2) is 24.5 Å². The lowest BCUT2D eigenvalue weighted by Crippen LogP contribution is -2.42. The van der Waals surface area contributed by atoms with Crippen molar-refractivity contribution in [2.45, 2.75) is 38.0 Å². The van der Waals surface area contributed by atoms with Crippen molar-refractivity contribution in [3.63, 3.8) is 0 Å². The summed E-state index contributed by atoms with van der Waals surface area (Å²) >= 11 is 0. The number of methoxy groups -OCH3 is 1. The minimum Gasteiger partial charge on any atom is -0.468 e. The van der Waals surface area contributed by atoms with Crippen molar-refractivity contribution in [1.29, 1.82) is 0 Å². The first-order chi connectivity index (χ1) is 9.22. The van der Waals surface area contributed by atoms with E-state index in [-0.39, 0.29) is 18.1 Å². The molecule has 0 radical (unpaired) electrons. The van der Waals surface area contributed by atoms with Crippen molar-refractivity contribution in [2.75, 3.05) is 13.7 Å². The van der Waals surface area contributed by atoms with Crippen LogP contribution in [-0.4, -0.2) is 36.8 Å². The van der Waals surface area contributed by atoms with Gasteiger partial charge in [0.2, 0.25) is 0 Å². The predicted octanol–water partition coefficient (Wildman–Crippen LogP) is 1.45. The molecule has 0 aromatic carbocycles. The molecule has 3 atom stereocenters. The fraction of sp³-hybridized carbons (Fsp3) is 0.571. The lowest BCUT2D eigenvalue weighted by Gasteiger charge is -2.25. The Kier molecular flexibility index (Phi) is 4.87. The first-order valence-corrected chi connectivity index (χ1v) is 6.57. The van der Waals surface area contributed by atoms with E-state index >= 15 is 0 Å². The molecule has 1 aliphatic heterocycles. The van der Waals surface area contributed by atoms with Gasteiger partial charge < -0.3 is 9.47 Å². The van der Waals surface area contributed by atoms with Crippen LogP contribution >= 0.6 is 0 Å². The molecule has 2 heterocycles. The van der Waals surface area contributed by atoms with Crippen LogP contribution in [0.1, 0.15) is 31.4 Å². The third kappa shape index (κ3) is 3.52. The molecule has 104 valence electrons. The number of hydrogen-bond donors (Lipinski definition) is 1. The number of pyridine rings is 1. The van der Waals surface area contributed by atoms with Gasteiger partial charge in [-0.2, -0.15) is 0 Å². The zero-order chi connectivity index (χ0) is 13.7. The van der Waals surface area contributed by atoms with Gasteiger partial charge in [0, 0.05) is 25.0 Å². The Hall–Kier alpha value is -1.46. The van der Waals surface area contributed by atoms with Crippen molar-refractivity contribution < 1.29 is 14.3 Å². The van der Waals surface area contributed by atoms with Crippen LogP contribution in [0.25, 0.3) is 0 Å². The van der Waals surface area contributed by atoms with Crippen molar-refractivity contribution in [1.82, 2.24) is 10.3 Å². The molecule has 0 saturated carbocycles. The standard InChI is InChI=1S/C14H20N2O3/c1-10(12-6-4-8-19-12)16-13(14(17)18-2)11-5-3-7-15-9-11/h3,5,7,9-10,12-13,16H,4,6,8H2,1-2H3/t10-,12-,13-/m1/s1. The molecule has 5 heteroatoms. The third-order valence-corrected chi connectivity index (χ3v) is 3.41. The molecule has 0 unspecified atom stereocenters. The van der Waals surface area contributed by atoms with Crippen LogP contribution < -0.4 is 5.32 Å². The summed E-state index contributed by atoms with van der Waals surface area (Å²) in [6.07, 6.45) is 5.61. The zero-order valence-electron chi connectivity index (χ0n) is 11.3. The molecule has 1 aliphatic rings. The molecule has 0 aliphatic carbocycles. The number of hydrogen-bond acceptors (Lipinski definition) is 5. The average molecular weight is 264 g/mol. The van der Waals surface area contributed by atoms with E-state index < -0.39 is 6.04 Å². The second kappa shape index (κ2) is 6.63. The van der Waals surface area contributed by atoms with E-state index in [1.807, 2.05) is 19.1 Å². The number of nitrogens with zero attached hydrogens (tertiary/aromatic N) is 1. The second-order valence-corrected chi connectivity index (χ2v) is 4.75. The fourth-order valence-electron chi connectivity index (χ4n) is 2.33. The first kappa shape index (κ1) is 14.0. The van der Waals surface area contributed by atoms with Gasteiger partial charge in [0.05, 0.1) is 13.2 Å². The number of ether oxygens (including phenoxy) is 2. The molecule has 1 fully saturated rings. The lowest BCUT2D eigenvalue weighted by atomic mass is 10.1. The Morgan fingerprint density at radius 1 is 1.63 bits per heavy atom. The molecule has 1 saturated heterocycles. The van der Waals surface area contributed by atoms with Crippen LogP contribution in [0.2, 0.25) is 0 Å². The predicted molar refractivity (Wildman–Crippen MR) is 70.6 cm³/mol.